The molecule has 1 saturated heterocycles. The number of benzene rings is 1. The first-order valence-corrected chi connectivity index (χ1v) is 10.4. The Morgan fingerprint density at radius 1 is 1.17 bits per heavy atom. The smallest absolute Gasteiger partial charge is 0.341 e. The molecule has 1 aliphatic rings. The molecule has 0 aliphatic carbocycles. The van der Waals surface area contributed by atoms with Crippen LogP contribution in [0.15, 0.2) is 29.1 Å². The Kier molecular flexibility index (Phi) is 5.47. The molecule has 2 N–H and O–H groups in total. The van der Waals surface area contributed by atoms with E-state index in [0.717, 1.165) is 30.7 Å². The number of rotatable bonds is 5. The molecule has 2 aromatic heterocycles. The Morgan fingerprint density at radius 3 is 2.57 bits per heavy atom. The Bertz CT molecular complexity index is 1170. The summed E-state index contributed by atoms with van der Waals surface area (Å²) in [6, 6.07) is 6.66. The molecule has 4 rings (SSSR count). The van der Waals surface area contributed by atoms with E-state index < -0.39 is 11.5 Å². The fraction of sp³-hybridized carbons (Fsp3) is 0.391. The summed E-state index contributed by atoms with van der Waals surface area (Å²) >= 11 is 0. The number of aromatic carboxylic acids is 1. The van der Waals surface area contributed by atoms with Gasteiger partial charge in [0.15, 0.2) is 0 Å². The lowest BCUT2D eigenvalue weighted by atomic mass is 10.0. The monoisotopic (exact) mass is 411 g/mol. The predicted molar refractivity (Wildman–Crippen MR) is 114 cm³/mol. The van der Waals surface area contributed by atoms with E-state index in [0.29, 0.717) is 28.8 Å². The summed E-state index contributed by atoms with van der Waals surface area (Å²) in [5.74, 6) is -1.63. The second kappa shape index (κ2) is 8.07. The third-order valence-corrected chi connectivity index (χ3v) is 6.04. The number of carboxylic acid groups (broad SMARTS) is 1. The van der Waals surface area contributed by atoms with Gasteiger partial charge in [-0.15, -0.1) is 0 Å². The van der Waals surface area contributed by atoms with Gasteiger partial charge in [0.25, 0.3) is 5.56 Å². The molecule has 1 aliphatic heterocycles. The number of piperidine rings is 1. The molecule has 3 aromatic rings. The molecule has 0 saturated carbocycles. The van der Waals surface area contributed by atoms with Crippen LogP contribution in [0.2, 0.25) is 0 Å². The summed E-state index contributed by atoms with van der Waals surface area (Å²) in [5.41, 5.74) is 2.27. The lowest BCUT2D eigenvalue weighted by molar-refractivity contribution is 0.0695. The number of likely N-dealkylation sites (tertiary alicyclic amines) is 1. The zero-order valence-electron chi connectivity index (χ0n) is 17.3. The van der Waals surface area contributed by atoms with Gasteiger partial charge in [-0.1, -0.05) is 13.3 Å². The largest absolute Gasteiger partial charge is 0.477 e. The van der Waals surface area contributed by atoms with Crippen LogP contribution in [0.3, 0.4) is 0 Å². The Hall–Kier alpha value is -2.93. The van der Waals surface area contributed by atoms with Crippen molar-refractivity contribution >= 4 is 16.9 Å². The zero-order chi connectivity index (χ0) is 21.4. The average Bonchev–Trinajstić information content (AvgIpc) is 3.04. The van der Waals surface area contributed by atoms with Gasteiger partial charge in [-0.25, -0.2) is 9.18 Å². The fourth-order valence-electron chi connectivity index (χ4n) is 4.42. The third kappa shape index (κ3) is 3.65. The van der Waals surface area contributed by atoms with E-state index in [2.05, 4.69) is 9.88 Å². The van der Waals surface area contributed by atoms with Crippen LogP contribution in [0.5, 0.6) is 0 Å². The van der Waals surface area contributed by atoms with E-state index in [1.54, 1.807) is 0 Å². The number of nitrogens with one attached hydrogen (secondary N) is 1. The number of aromatic nitrogens is 2. The number of hydrogen-bond acceptors (Lipinski definition) is 3. The lowest BCUT2D eigenvalue weighted by Crippen LogP contribution is -2.29. The van der Waals surface area contributed by atoms with Gasteiger partial charge in [-0.3, -0.25) is 9.69 Å². The highest BCUT2D eigenvalue weighted by Crippen LogP contribution is 2.30. The summed E-state index contributed by atoms with van der Waals surface area (Å²) in [6.45, 7) is 4.78. The van der Waals surface area contributed by atoms with Crippen molar-refractivity contribution in [3.8, 4) is 11.3 Å². The van der Waals surface area contributed by atoms with E-state index in [9.17, 15) is 14.7 Å². The van der Waals surface area contributed by atoms with Crippen molar-refractivity contribution in [2.24, 2.45) is 7.05 Å². The molecule has 7 heteroatoms. The summed E-state index contributed by atoms with van der Waals surface area (Å²) in [4.78, 5) is 28.5. The number of aryl methyl sites for hydroxylation is 2. The van der Waals surface area contributed by atoms with E-state index >= 15 is 4.39 Å². The summed E-state index contributed by atoms with van der Waals surface area (Å²) < 4.78 is 17.0. The molecule has 0 amide bonds. The van der Waals surface area contributed by atoms with Crippen molar-refractivity contribution in [2.75, 3.05) is 13.1 Å². The van der Waals surface area contributed by atoms with Crippen LogP contribution in [0.1, 0.15) is 47.8 Å². The highest BCUT2D eigenvalue weighted by molar-refractivity contribution is 5.89. The zero-order valence-corrected chi connectivity index (χ0v) is 17.3. The molecule has 0 atom stereocenters. The Labute approximate surface area is 173 Å². The van der Waals surface area contributed by atoms with Crippen LogP contribution < -0.4 is 5.56 Å². The molecule has 1 aromatic carbocycles. The molecule has 30 heavy (non-hydrogen) atoms. The van der Waals surface area contributed by atoms with Crippen LogP contribution in [0, 0.1) is 5.82 Å². The molecule has 0 spiro atoms. The predicted octanol–water partition coefficient (Wildman–Crippen LogP) is 3.92. The van der Waals surface area contributed by atoms with Gasteiger partial charge in [0.05, 0.1) is 11.2 Å². The van der Waals surface area contributed by atoms with E-state index in [1.165, 1.54) is 31.4 Å². The molecule has 0 bridgehead atoms. The lowest BCUT2D eigenvalue weighted by Gasteiger charge is -2.26. The third-order valence-electron chi connectivity index (χ3n) is 6.04. The van der Waals surface area contributed by atoms with Crippen LogP contribution in [0.25, 0.3) is 22.2 Å². The number of carbonyl (C=O) groups is 1. The molecule has 1 fully saturated rings. The fourth-order valence-corrected chi connectivity index (χ4v) is 4.42. The number of halogens is 1. The first kappa shape index (κ1) is 20.3. The SMILES string of the molecule is CCc1cc(C(=O)O)c(=O)[nH]c1-c1cc(F)c2c(c1)cc(CN1CCCCC1)n2C. The molecule has 158 valence electrons. The maximum absolute atomic E-state index is 15.1. The topological polar surface area (TPSA) is 78.3 Å². The van der Waals surface area contributed by atoms with Gasteiger partial charge in [-0.2, -0.15) is 0 Å². The van der Waals surface area contributed by atoms with Crippen molar-refractivity contribution in [1.29, 1.82) is 0 Å². The number of aromatic amines is 1. The first-order chi connectivity index (χ1) is 14.4. The van der Waals surface area contributed by atoms with Gasteiger partial charge in [0.2, 0.25) is 0 Å². The first-order valence-electron chi connectivity index (χ1n) is 10.4. The Morgan fingerprint density at radius 2 is 1.90 bits per heavy atom. The average molecular weight is 411 g/mol. The number of hydrogen-bond donors (Lipinski definition) is 2. The van der Waals surface area contributed by atoms with Gasteiger partial charge in [0, 0.05) is 30.2 Å². The van der Waals surface area contributed by atoms with Gasteiger partial charge in [0.1, 0.15) is 11.4 Å². The number of H-pyrrole nitrogens is 1. The van der Waals surface area contributed by atoms with Crippen LogP contribution in [-0.4, -0.2) is 38.6 Å². The minimum Gasteiger partial charge on any atom is -0.477 e. The van der Waals surface area contributed by atoms with Gasteiger partial charge >= 0.3 is 5.97 Å². The molecule has 0 radical (unpaired) electrons. The summed E-state index contributed by atoms with van der Waals surface area (Å²) in [5, 5.41) is 9.98. The van der Waals surface area contributed by atoms with Crippen LogP contribution in [0.4, 0.5) is 4.39 Å². The van der Waals surface area contributed by atoms with E-state index in [-0.39, 0.29) is 11.4 Å². The minimum absolute atomic E-state index is 0.305. The van der Waals surface area contributed by atoms with Gasteiger partial charge in [-0.05, 0) is 62.2 Å². The number of pyridine rings is 1. The van der Waals surface area contributed by atoms with Crippen molar-refractivity contribution in [3.63, 3.8) is 0 Å². The van der Waals surface area contributed by atoms with Crippen molar-refractivity contribution < 1.29 is 14.3 Å². The number of fused-ring (bicyclic) bond motifs is 1. The second-order valence-electron chi connectivity index (χ2n) is 8.00. The van der Waals surface area contributed by atoms with Crippen LogP contribution in [-0.2, 0) is 20.0 Å². The molecule has 0 unspecified atom stereocenters. The van der Waals surface area contributed by atoms with Crippen molar-refractivity contribution in [3.05, 3.63) is 57.3 Å². The van der Waals surface area contributed by atoms with Gasteiger partial charge < -0.3 is 14.7 Å². The highest BCUT2D eigenvalue weighted by Gasteiger charge is 2.19. The highest BCUT2D eigenvalue weighted by atomic mass is 19.1. The normalized spacial score (nSPS) is 15.0. The quantitative estimate of drug-likeness (QED) is 0.667. The van der Waals surface area contributed by atoms with E-state index in [1.807, 2.05) is 30.7 Å². The minimum atomic E-state index is -1.27. The van der Waals surface area contributed by atoms with Crippen molar-refractivity contribution in [1.82, 2.24) is 14.5 Å². The molecular weight excluding hydrogens is 385 g/mol. The van der Waals surface area contributed by atoms with Crippen LogP contribution >= 0.6 is 0 Å². The number of nitrogens with zero attached hydrogens (tertiary/aromatic N) is 2. The molecule has 3 heterocycles. The summed E-state index contributed by atoms with van der Waals surface area (Å²) in [6.07, 6.45) is 4.17. The standard InChI is InChI=1S/C23H26FN3O3/c1-3-14-11-18(23(29)30)22(28)25-20(14)15-9-16-10-17(13-27-7-5-4-6-8-27)26(2)21(16)19(24)12-15/h9-12H,3-8,13H2,1-2H3,(H,25,28)(H,29,30). The van der Waals surface area contributed by atoms with Crippen molar-refractivity contribution in [2.45, 2.75) is 39.2 Å². The maximum Gasteiger partial charge on any atom is 0.341 e. The molecular formula is C23H26FN3O3. The number of carboxylic acids is 1. The van der Waals surface area contributed by atoms with E-state index in [4.69, 9.17) is 0 Å². The summed E-state index contributed by atoms with van der Waals surface area (Å²) in [7, 11) is 1.88. The second-order valence-corrected chi connectivity index (χ2v) is 8.00. The molecule has 6 nitrogen and oxygen atoms in total. The Balaban J connectivity index is 1.79. The maximum atomic E-state index is 15.1.